The van der Waals surface area contributed by atoms with Gasteiger partial charge in [-0.05, 0) is 35.9 Å². The Balaban J connectivity index is 2.01. The Morgan fingerprint density at radius 1 is 0.952 bits per heavy atom. The molecule has 108 valence electrons. The van der Waals surface area contributed by atoms with E-state index in [1.807, 2.05) is 24.3 Å². The SMILES string of the molecule is O=C1CS[C@@H](c2ccc(Cl)cc2)N1c1cc(Cl)cc(Cl)c1. The van der Waals surface area contributed by atoms with Gasteiger partial charge in [0.25, 0.3) is 0 Å². The average molecular weight is 359 g/mol. The number of amides is 1. The summed E-state index contributed by atoms with van der Waals surface area (Å²) in [5.74, 6) is 0.468. The molecule has 1 saturated heterocycles. The van der Waals surface area contributed by atoms with E-state index in [1.165, 1.54) is 0 Å². The third-order valence-electron chi connectivity index (χ3n) is 3.15. The smallest absolute Gasteiger partial charge is 0.238 e. The van der Waals surface area contributed by atoms with Crippen LogP contribution in [0, 0.1) is 0 Å². The zero-order valence-corrected chi connectivity index (χ0v) is 13.8. The third kappa shape index (κ3) is 3.16. The monoisotopic (exact) mass is 357 g/mol. The van der Waals surface area contributed by atoms with Crippen LogP contribution in [0.15, 0.2) is 42.5 Å². The number of halogens is 3. The van der Waals surface area contributed by atoms with Gasteiger partial charge in [-0.2, -0.15) is 0 Å². The normalized spacial score (nSPS) is 18.3. The highest BCUT2D eigenvalue weighted by molar-refractivity contribution is 8.00. The van der Waals surface area contributed by atoms with Crippen molar-refractivity contribution in [2.24, 2.45) is 0 Å². The largest absolute Gasteiger partial charge is 0.295 e. The van der Waals surface area contributed by atoms with Crippen LogP contribution in [0.2, 0.25) is 15.1 Å². The minimum Gasteiger partial charge on any atom is -0.295 e. The predicted molar refractivity (Wildman–Crippen MR) is 90.6 cm³/mol. The average Bonchev–Trinajstić information content (AvgIpc) is 2.80. The number of anilines is 1. The molecule has 2 aromatic rings. The summed E-state index contributed by atoms with van der Waals surface area (Å²) in [6.45, 7) is 0. The van der Waals surface area contributed by atoms with Crippen molar-refractivity contribution >= 4 is 58.2 Å². The zero-order valence-electron chi connectivity index (χ0n) is 10.7. The fourth-order valence-corrected chi connectivity index (χ4v) is 4.07. The second-order valence-corrected chi connectivity index (χ2v) is 6.98. The van der Waals surface area contributed by atoms with Crippen molar-refractivity contribution in [2.45, 2.75) is 5.37 Å². The van der Waals surface area contributed by atoms with Crippen LogP contribution < -0.4 is 4.90 Å². The molecule has 1 aliphatic heterocycles. The highest BCUT2D eigenvalue weighted by Gasteiger charge is 2.34. The van der Waals surface area contributed by atoms with E-state index in [1.54, 1.807) is 34.9 Å². The van der Waals surface area contributed by atoms with Gasteiger partial charge in [-0.15, -0.1) is 11.8 Å². The van der Waals surface area contributed by atoms with Gasteiger partial charge in [-0.1, -0.05) is 46.9 Å². The topological polar surface area (TPSA) is 20.3 Å². The van der Waals surface area contributed by atoms with Crippen molar-refractivity contribution in [1.82, 2.24) is 0 Å². The lowest BCUT2D eigenvalue weighted by molar-refractivity contribution is -0.115. The van der Waals surface area contributed by atoms with Gasteiger partial charge < -0.3 is 0 Å². The van der Waals surface area contributed by atoms with Gasteiger partial charge in [0.15, 0.2) is 0 Å². The first-order valence-electron chi connectivity index (χ1n) is 6.20. The van der Waals surface area contributed by atoms with Crippen molar-refractivity contribution in [3.05, 3.63) is 63.1 Å². The second kappa shape index (κ2) is 6.09. The highest BCUT2D eigenvalue weighted by atomic mass is 35.5. The molecule has 0 aromatic heterocycles. The van der Waals surface area contributed by atoms with Crippen molar-refractivity contribution in [1.29, 1.82) is 0 Å². The maximum atomic E-state index is 12.2. The minimum absolute atomic E-state index is 0.0401. The van der Waals surface area contributed by atoms with Gasteiger partial charge in [-0.25, -0.2) is 0 Å². The number of carbonyl (C=O) groups excluding carboxylic acids is 1. The molecule has 2 nitrogen and oxygen atoms in total. The Morgan fingerprint density at radius 3 is 2.19 bits per heavy atom. The van der Waals surface area contributed by atoms with Crippen LogP contribution in [-0.4, -0.2) is 11.7 Å². The number of thioether (sulfide) groups is 1. The molecule has 0 N–H and O–H groups in total. The number of rotatable bonds is 2. The van der Waals surface area contributed by atoms with Gasteiger partial charge in [0, 0.05) is 20.8 Å². The van der Waals surface area contributed by atoms with Crippen molar-refractivity contribution in [3.8, 4) is 0 Å². The number of carbonyl (C=O) groups is 1. The van der Waals surface area contributed by atoms with E-state index < -0.39 is 0 Å². The Morgan fingerprint density at radius 2 is 1.57 bits per heavy atom. The molecule has 21 heavy (non-hydrogen) atoms. The van der Waals surface area contributed by atoms with Crippen LogP contribution in [0.4, 0.5) is 5.69 Å². The first-order chi connectivity index (χ1) is 10.0. The lowest BCUT2D eigenvalue weighted by Gasteiger charge is -2.24. The summed E-state index contributed by atoms with van der Waals surface area (Å²) >= 11 is 19.6. The maximum Gasteiger partial charge on any atom is 0.238 e. The summed E-state index contributed by atoms with van der Waals surface area (Å²) in [4.78, 5) is 14.0. The Kier molecular flexibility index (Phi) is 4.36. The molecule has 2 aromatic carbocycles. The number of hydrogen-bond donors (Lipinski definition) is 0. The summed E-state index contributed by atoms with van der Waals surface area (Å²) in [5.41, 5.74) is 1.73. The summed E-state index contributed by atoms with van der Waals surface area (Å²) in [6.07, 6.45) is 0. The summed E-state index contributed by atoms with van der Waals surface area (Å²) < 4.78 is 0. The highest BCUT2D eigenvalue weighted by Crippen LogP contribution is 2.43. The van der Waals surface area contributed by atoms with E-state index in [2.05, 4.69) is 0 Å². The number of nitrogens with zero attached hydrogens (tertiary/aromatic N) is 1. The molecule has 0 saturated carbocycles. The van der Waals surface area contributed by atoms with E-state index in [0.29, 0.717) is 26.5 Å². The first kappa shape index (κ1) is 15.0. The molecular formula is C15H10Cl3NOS. The van der Waals surface area contributed by atoms with Crippen LogP contribution in [0.1, 0.15) is 10.9 Å². The number of benzene rings is 2. The fourth-order valence-electron chi connectivity index (χ4n) is 2.26. The number of hydrogen-bond acceptors (Lipinski definition) is 2. The molecular weight excluding hydrogens is 349 g/mol. The van der Waals surface area contributed by atoms with E-state index >= 15 is 0 Å². The molecule has 6 heteroatoms. The fraction of sp³-hybridized carbons (Fsp3) is 0.133. The Hall–Kier alpha value is -0.870. The van der Waals surface area contributed by atoms with Crippen LogP contribution in [0.5, 0.6) is 0 Å². The van der Waals surface area contributed by atoms with Gasteiger partial charge in [0.2, 0.25) is 5.91 Å². The zero-order chi connectivity index (χ0) is 15.0. The lowest BCUT2D eigenvalue weighted by atomic mass is 10.2. The lowest BCUT2D eigenvalue weighted by Crippen LogP contribution is -2.27. The minimum atomic E-state index is -0.0932. The summed E-state index contributed by atoms with van der Waals surface area (Å²) in [6, 6.07) is 12.7. The van der Waals surface area contributed by atoms with Gasteiger partial charge in [0.1, 0.15) is 5.37 Å². The van der Waals surface area contributed by atoms with Crippen LogP contribution in [0.3, 0.4) is 0 Å². The molecule has 3 rings (SSSR count). The van der Waals surface area contributed by atoms with Crippen molar-refractivity contribution < 1.29 is 4.79 Å². The van der Waals surface area contributed by atoms with E-state index in [9.17, 15) is 4.79 Å². The molecule has 1 heterocycles. The van der Waals surface area contributed by atoms with Crippen LogP contribution >= 0.6 is 46.6 Å². The van der Waals surface area contributed by atoms with E-state index in [0.717, 1.165) is 5.56 Å². The van der Waals surface area contributed by atoms with Crippen molar-refractivity contribution in [2.75, 3.05) is 10.7 Å². The van der Waals surface area contributed by atoms with E-state index in [-0.39, 0.29) is 11.3 Å². The van der Waals surface area contributed by atoms with Crippen molar-refractivity contribution in [3.63, 3.8) is 0 Å². The Bertz CT molecular complexity index is 670. The molecule has 1 aliphatic rings. The van der Waals surface area contributed by atoms with Crippen LogP contribution in [0.25, 0.3) is 0 Å². The van der Waals surface area contributed by atoms with Gasteiger partial charge in [0.05, 0.1) is 5.75 Å². The maximum absolute atomic E-state index is 12.2. The molecule has 0 radical (unpaired) electrons. The van der Waals surface area contributed by atoms with Gasteiger partial charge >= 0.3 is 0 Å². The molecule has 0 unspecified atom stereocenters. The molecule has 0 aliphatic carbocycles. The second-order valence-electron chi connectivity index (χ2n) is 4.61. The molecule has 0 bridgehead atoms. The predicted octanol–water partition coefficient (Wildman–Crippen LogP) is 5.43. The Labute approximate surface area is 142 Å². The van der Waals surface area contributed by atoms with E-state index in [4.69, 9.17) is 34.8 Å². The third-order valence-corrected chi connectivity index (χ3v) is 5.05. The molecule has 1 fully saturated rings. The first-order valence-corrected chi connectivity index (χ1v) is 8.38. The van der Waals surface area contributed by atoms with Gasteiger partial charge in [-0.3, -0.25) is 9.69 Å². The van der Waals surface area contributed by atoms with Crippen LogP contribution in [-0.2, 0) is 4.79 Å². The summed E-state index contributed by atoms with van der Waals surface area (Å²) in [7, 11) is 0. The molecule has 1 amide bonds. The summed E-state index contributed by atoms with van der Waals surface area (Å²) in [5, 5.41) is 1.60. The molecule has 1 atom stereocenters. The quantitative estimate of drug-likeness (QED) is 0.714. The molecule has 0 spiro atoms. The standard InChI is InChI=1S/C15H10Cl3NOS/c16-10-3-1-9(2-4-10)15-19(14(20)8-21-15)13-6-11(17)5-12(18)7-13/h1-7,15H,8H2/t15-/m0/s1.